The lowest BCUT2D eigenvalue weighted by Crippen LogP contribution is -2.37. The van der Waals surface area contributed by atoms with Crippen molar-refractivity contribution < 1.29 is 18.3 Å². The normalized spacial score (nSPS) is 15.5. The summed E-state index contributed by atoms with van der Waals surface area (Å²) in [6, 6.07) is 10.9. The van der Waals surface area contributed by atoms with Gasteiger partial charge < -0.3 is 14.5 Å². The average molecular weight is 450 g/mol. The first-order chi connectivity index (χ1) is 16.0. The van der Waals surface area contributed by atoms with Crippen LogP contribution in [0.3, 0.4) is 0 Å². The summed E-state index contributed by atoms with van der Waals surface area (Å²) < 4.78 is 33.1. The number of aryl methyl sites for hydroxylation is 1. The molecule has 0 N–H and O–H groups in total. The van der Waals surface area contributed by atoms with E-state index in [4.69, 9.17) is 9.72 Å². The van der Waals surface area contributed by atoms with E-state index in [2.05, 4.69) is 9.88 Å². The molecule has 170 valence electrons. The van der Waals surface area contributed by atoms with Crippen molar-refractivity contribution >= 4 is 11.9 Å². The van der Waals surface area contributed by atoms with E-state index in [1.54, 1.807) is 11.0 Å². The van der Waals surface area contributed by atoms with Crippen LogP contribution in [0, 0.1) is 18.6 Å². The summed E-state index contributed by atoms with van der Waals surface area (Å²) in [5.41, 5.74) is 3.14. The van der Waals surface area contributed by atoms with Gasteiger partial charge in [-0.2, -0.15) is 4.98 Å². The first kappa shape index (κ1) is 21.3. The van der Waals surface area contributed by atoms with Crippen LogP contribution in [-0.2, 0) is 13.0 Å². The highest BCUT2D eigenvalue weighted by Gasteiger charge is 2.29. The maximum Gasteiger partial charge on any atom is 0.254 e. The van der Waals surface area contributed by atoms with E-state index in [0.717, 1.165) is 49.3 Å². The molecule has 33 heavy (non-hydrogen) atoms. The summed E-state index contributed by atoms with van der Waals surface area (Å²) in [4.78, 5) is 26.4. The molecule has 0 bridgehead atoms. The number of ether oxygens (including phenoxy) is 1. The van der Waals surface area contributed by atoms with Crippen LogP contribution in [0.2, 0.25) is 0 Å². The van der Waals surface area contributed by atoms with Gasteiger partial charge in [0.05, 0.1) is 17.8 Å². The van der Waals surface area contributed by atoms with Crippen molar-refractivity contribution in [2.75, 3.05) is 24.5 Å². The molecular weight excluding hydrogens is 426 g/mol. The van der Waals surface area contributed by atoms with Crippen LogP contribution in [0.4, 0.5) is 14.7 Å². The fourth-order valence-corrected chi connectivity index (χ4v) is 4.30. The maximum absolute atomic E-state index is 13.8. The van der Waals surface area contributed by atoms with Crippen molar-refractivity contribution in [3.05, 3.63) is 76.5 Å². The molecule has 0 saturated carbocycles. The van der Waals surface area contributed by atoms with Crippen LogP contribution < -0.4 is 9.64 Å². The van der Waals surface area contributed by atoms with E-state index < -0.39 is 11.6 Å². The Hall–Kier alpha value is -3.55. The van der Waals surface area contributed by atoms with Gasteiger partial charge >= 0.3 is 0 Å². The van der Waals surface area contributed by atoms with Gasteiger partial charge in [0.1, 0.15) is 5.75 Å². The van der Waals surface area contributed by atoms with Gasteiger partial charge in [-0.05, 0) is 44.0 Å². The molecular formula is C25H24F2N4O2. The number of anilines is 1. The SMILES string of the molecule is Cc1cccc(C(=O)N2CCc3nc(N4CCCC4)nc(Oc4ccc(F)c(F)c4)c3C2)c1. The minimum absolute atomic E-state index is 0.0771. The second kappa shape index (κ2) is 8.77. The Kier molecular flexibility index (Phi) is 5.66. The van der Waals surface area contributed by atoms with Gasteiger partial charge in [-0.25, -0.2) is 13.8 Å². The molecule has 1 fully saturated rings. The zero-order valence-corrected chi connectivity index (χ0v) is 18.4. The van der Waals surface area contributed by atoms with E-state index in [9.17, 15) is 13.6 Å². The first-order valence-corrected chi connectivity index (χ1v) is 11.1. The Morgan fingerprint density at radius 2 is 1.82 bits per heavy atom. The second-order valence-electron chi connectivity index (χ2n) is 8.47. The standard InChI is InChI=1S/C25H24F2N4O2/c1-16-5-4-6-17(13-16)24(32)31-12-9-22-19(15-31)23(29-25(28-22)30-10-2-3-11-30)33-18-7-8-20(26)21(27)14-18/h4-8,13-14H,2-3,9-12,15H2,1H3. The molecule has 5 rings (SSSR count). The Morgan fingerprint density at radius 3 is 2.58 bits per heavy atom. The monoisotopic (exact) mass is 450 g/mol. The highest BCUT2D eigenvalue weighted by molar-refractivity contribution is 5.94. The Balaban J connectivity index is 1.49. The van der Waals surface area contributed by atoms with Crippen LogP contribution in [0.25, 0.3) is 0 Å². The predicted molar refractivity (Wildman–Crippen MR) is 120 cm³/mol. The summed E-state index contributed by atoms with van der Waals surface area (Å²) in [5, 5.41) is 0. The van der Waals surface area contributed by atoms with Gasteiger partial charge in [-0.3, -0.25) is 4.79 Å². The first-order valence-electron chi connectivity index (χ1n) is 11.1. The molecule has 0 radical (unpaired) electrons. The third-order valence-electron chi connectivity index (χ3n) is 6.06. The fourth-order valence-electron chi connectivity index (χ4n) is 4.30. The molecule has 2 aliphatic heterocycles. The van der Waals surface area contributed by atoms with Crippen LogP contribution in [0.5, 0.6) is 11.6 Å². The second-order valence-corrected chi connectivity index (χ2v) is 8.47. The topological polar surface area (TPSA) is 58.6 Å². The predicted octanol–water partition coefficient (Wildman–Crippen LogP) is 4.65. The molecule has 0 aliphatic carbocycles. The molecule has 3 aromatic rings. The van der Waals surface area contributed by atoms with Gasteiger partial charge in [-0.1, -0.05) is 17.7 Å². The average Bonchev–Trinajstić information content (AvgIpc) is 3.36. The van der Waals surface area contributed by atoms with Crippen LogP contribution in [0.15, 0.2) is 42.5 Å². The number of hydrogen-bond donors (Lipinski definition) is 0. The summed E-state index contributed by atoms with van der Waals surface area (Å²) in [7, 11) is 0. The van der Waals surface area contributed by atoms with Gasteiger partial charge in [0.2, 0.25) is 11.8 Å². The molecule has 1 saturated heterocycles. The number of rotatable bonds is 4. The zero-order valence-electron chi connectivity index (χ0n) is 18.4. The van der Waals surface area contributed by atoms with Crippen LogP contribution in [-0.4, -0.2) is 40.4 Å². The quantitative estimate of drug-likeness (QED) is 0.579. The van der Waals surface area contributed by atoms with Crippen LogP contribution in [0.1, 0.15) is 40.0 Å². The Labute approximate surface area is 190 Å². The number of nitrogens with zero attached hydrogens (tertiary/aromatic N) is 4. The highest BCUT2D eigenvalue weighted by Crippen LogP contribution is 2.33. The van der Waals surface area contributed by atoms with E-state index >= 15 is 0 Å². The van der Waals surface area contributed by atoms with Gasteiger partial charge in [-0.15, -0.1) is 0 Å². The smallest absolute Gasteiger partial charge is 0.254 e. The molecule has 0 unspecified atom stereocenters. The Morgan fingerprint density at radius 1 is 1.00 bits per heavy atom. The largest absolute Gasteiger partial charge is 0.438 e. The Bertz CT molecular complexity index is 1210. The number of amides is 1. The van der Waals surface area contributed by atoms with E-state index in [-0.39, 0.29) is 24.1 Å². The number of hydrogen-bond acceptors (Lipinski definition) is 5. The molecule has 3 heterocycles. The third-order valence-corrected chi connectivity index (χ3v) is 6.06. The lowest BCUT2D eigenvalue weighted by atomic mass is 10.0. The number of carbonyl (C=O) groups is 1. The number of halogens is 2. The van der Waals surface area contributed by atoms with Crippen molar-refractivity contribution in [3.63, 3.8) is 0 Å². The van der Waals surface area contributed by atoms with E-state index in [1.807, 2.05) is 25.1 Å². The summed E-state index contributed by atoms with van der Waals surface area (Å²) in [6.45, 7) is 4.48. The van der Waals surface area contributed by atoms with Crippen molar-refractivity contribution in [2.24, 2.45) is 0 Å². The number of benzene rings is 2. The van der Waals surface area contributed by atoms with Gasteiger partial charge in [0.25, 0.3) is 5.91 Å². The lowest BCUT2D eigenvalue weighted by Gasteiger charge is -2.30. The number of aromatic nitrogens is 2. The maximum atomic E-state index is 13.8. The zero-order chi connectivity index (χ0) is 22.9. The number of fused-ring (bicyclic) bond motifs is 1. The lowest BCUT2D eigenvalue weighted by molar-refractivity contribution is 0.0732. The van der Waals surface area contributed by atoms with Crippen molar-refractivity contribution in [1.82, 2.24) is 14.9 Å². The minimum Gasteiger partial charge on any atom is -0.438 e. The molecule has 0 spiro atoms. The molecule has 2 aliphatic rings. The van der Waals surface area contributed by atoms with Crippen molar-refractivity contribution in [3.8, 4) is 11.6 Å². The summed E-state index contributed by atoms with van der Waals surface area (Å²) in [6.07, 6.45) is 2.70. The van der Waals surface area contributed by atoms with Crippen LogP contribution >= 0.6 is 0 Å². The van der Waals surface area contributed by atoms with E-state index in [1.165, 1.54) is 6.07 Å². The molecule has 1 aromatic heterocycles. The van der Waals surface area contributed by atoms with Crippen molar-refractivity contribution in [2.45, 2.75) is 32.7 Å². The van der Waals surface area contributed by atoms with Crippen molar-refractivity contribution in [1.29, 1.82) is 0 Å². The molecule has 6 nitrogen and oxygen atoms in total. The van der Waals surface area contributed by atoms with Gasteiger partial charge in [0.15, 0.2) is 11.6 Å². The summed E-state index contributed by atoms with van der Waals surface area (Å²) in [5.74, 6) is -1.03. The number of carbonyl (C=O) groups excluding carboxylic acids is 1. The molecule has 2 aromatic carbocycles. The highest BCUT2D eigenvalue weighted by atomic mass is 19.2. The molecule has 0 atom stereocenters. The van der Waals surface area contributed by atoms with E-state index in [0.29, 0.717) is 30.0 Å². The third kappa shape index (κ3) is 4.37. The summed E-state index contributed by atoms with van der Waals surface area (Å²) >= 11 is 0. The fraction of sp³-hybridized carbons (Fsp3) is 0.320. The molecule has 1 amide bonds. The molecule has 8 heteroatoms. The van der Waals surface area contributed by atoms with Gasteiger partial charge in [0, 0.05) is 37.7 Å². The minimum atomic E-state index is -0.994.